The Labute approximate surface area is 103 Å². The minimum absolute atomic E-state index is 0.126. The van der Waals surface area contributed by atoms with Crippen molar-refractivity contribution in [1.29, 1.82) is 0 Å². The normalized spacial score (nSPS) is 9.88. The van der Waals surface area contributed by atoms with E-state index in [2.05, 4.69) is 27.8 Å². The fourth-order valence-corrected chi connectivity index (χ4v) is 1.78. The molecule has 0 unspecified atom stereocenters. The lowest BCUT2D eigenvalue weighted by molar-refractivity contribution is -0.385. The van der Waals surface area contributed by atoms with Crippen LogP contribution in [0, 0.1) is 17.0 Å². The Morgan fingerprint density at radius 3 is 2.88 bits per heavy atom. The van der Waals surface area contributed by atoms with Crippen LogP contribution in [-0.4, -0.2) is 11.5 Å². The maximum absolute atomic E-state index is 10.7. The number of hydrogen-bond donors (Lipinski definition) is 1. The molecular weight excluding hydrogens is 272 g/mol. The number of nitrogens with zero attached hydrogens (tertiary/aromatic N) is 1. The molecule has 0 fully saturated rings. The number of nitro groups is 1. The van der Waals surface area contributed by atoms with Crippen molar-refractivity contribution in [3.05, 3.63) is 44.9 Å². The van der Waals surface area contributed by atoms with Crippen molar-refractivity contribution >= 4 is 27.3 Å². The molecule has 0 bridgehead atoms. The average Bonchev–Trinajstić information content (AvgIpc) is 2.22. The summed E-state index contributed by atoms with van der Waals surface area (Å²) in [4.78, 5) is 10.3. The Morgan fingerprint density at radius 2 is 2.31 bits per heavy atom. The molecule has 0 amide bonds. The molecular formula is C11H13BrN2O2. The zero-order valence-corrected chi connectivity index (χ0v) is 10.6. The molecule has 0 spiro atoms. The molecule has 1 N–H and O–H groups in total. The van der Waals surface area contributed by atoms with Crippen LogP contribution in [0.15, 0.2) is 29.3 Å². The Morgan fingerprint density at radius 1 is 1.62 bits per heavy atom. The molecule has 4 nitrogen and oxygen atoms in total. The Kier molecular flexibility index (Phi) is 4.49. The minimum atomic E-state index is -0.381. The maximum Gasteiger partial charge on any atom is 0.273 e. The summed E-state index contributed by atoms with van der Waals surface area (Å²) in [6.45, 7) is 6.12. The molecule has 0 aliphatic carbocycles. The standard InChI is InChI=1S/C11H13BrN2O2/c1-3-4-5-13-10-6-8(2)11(14(15)16)7-9(10)12/h3,6-7,13H,1,4-5H2,2H3. The Bertz CT molecular complexity index is 419. The van der Waals surface area contributed by atoms with Gasteiger partial charge >= 0.3 is 0 Å². The van der Waals surface area contributed by atoms with Crippen LogP contribution in [-0.2, 0) is 0 Å². The van der Waals surface area contributed by atoms with Gasteiger partial charge in [0.25, 0.3) is 5.69 Å². The highest BCUT2D eigenvalue weighted by molar-refractivity contribution is 9.10. The number of rotatable bonds is 5. The first-order valence-corrected chi connectivity index (χ1v) is 5.65. The van der Waals surface area contributed by atoms with E-state index in [1.165, 1.54) is 6.07 Å². The number of benzene rings is 1. The topological polar surface area (TPSA) is 55.2 Å². The van der Waals surface area contributed by atoms with Gasteiger partial charge in [-0.15, -0.1) is 6.58 Å². The average molecular weight is 285 g/mol. The molecule has 0 saturated heterocycles. The molecule has 0 heterocycles. The van der Waals surface area contributed by atoms with Crippen molar-refractivity contribution in [3.63, 3.8) is 0 Å². The number of aryl methyl sites for hydroxylation is 1. The predicted octanol–water partition coefficient (Wildman–Crippen LogP) is 3.65. The van der Waals surface area contributed by atoms with Gasteiger partial charge in [-0.3, -0.25) is 10.1 Å². The summed E-state index contributed by atoms with van der Waals surface area (Å²) >= 11 is 3.31. The molecule has 0 radical (unpaired) electrons. The van der Waals surface area contributed by atoms with Crippen molar-refractivity contribution in [1.82, 2.24) is 0 Å². The van der Waals surface area contributed by atoms with Gasteiger partial charge in [0.1, 0.15) is 0 Å². The van der Waals surface area contributed by atoms with Gasteiger partial charge in [0.15, 0.2) is 0 Å². The summed E-state index contributed by atoms with van der Waals surface area (Å²) < 4.78 is 0.703. The second-order valence-corrected chi connectivity index (χ2v) is 4.23. The van der Waals surface area contributed by atoms with Crippen molar-refractivity contribution in [3.8, 4) is 0 Å². The van der Waals surface area contributed by atoms with Crippen molar-refractivity contribution in [2.24, 2.45) is 0 Å². The van der Waals surface area contributed by atoms with Crippen molar-refractivity contribution < 1.29 is 4.92 Å². The maximum atomic E-state index is 10.7. The van der Waals surface area contributed by atoms with Gasteiger partial charge < -0.3 is 5.32 Å². The van der Waals surface area contributed by atoms with Crippen LogP contribution in [0.4, 0.5) is 11.4 Å². The van der Waals surface area contributed by atoms with Crippen LogP contribution >= 0.6 is 15.9 Å². The predicted molar refractivity (Wildman–Crippen MR) is 68.8 cm³/mol. The van der Waals surface area contributed by atoms with Gasteiger partial charge in [0.05, 0.1) is 4.92 Å². The van der Waals surface area contributed by atoms with Crippen LogP contribution < -0.4 is 5.32 Å². The zero-order valence-electron chi connectivity index (χ0n) is 9.00. The fourth-order valence-electron chi connectivity index (χ4n) is 1.31. The van der Waals surface area contributed by atoms with Gasteiger partial charge in [-0.25, -0.2) is 0 Å². The molecule has 1 aromatic rings. The van der Waals surface area contributed by atoms with Gasteiger partial charge in [0, 0.05) is 28.3 Å². The zero-order chi connectivity index (χ0) is 12.1. The van der Waals surface area contributed by atoms with Crippen LogP contribution in [0.25, 0.3) is 0 Å². The van der Waals surface area contributed by atoms with Crippen LogP contribution in [0.1, 0.15) is 12.0 Å². The molecule has 1 rings (SSSR count). The van der Waals surface area contributed by atoms with Crippen LogP contribution in [0.2, 0.25) is 0 Å². The van der Waals surface area contributed by atoms with Gasteiger partial charge in [-0.1, -0.05) is 6.08 Å². The third-order valence-electron chi connectivity index (χ3n) is 2.15. The second-order valence-electron chi connectivity index (χ2n) is 3.38. The van der Waals surface area contributed by atoms with E-state index < -0.39 is 0 Å². The first-order chi connectivity index (χ1) is 7.56. The first kappa shape index (κ1) is 12.7. The number of nitrogens with one attached hydrogen (secondary N) is 1. The van der Waals surface area contributed by atoms with E-state index in [-0.39, 0.29) is 10.6 Å². The summed E-state index contributed by atoms with van der Waals surface area (Å²) in [7, 11) is 0. The van der Waals surface area contributed by atoms with Crippen LogP contribution in [0.5, 0.6) is 0 Å². The summed E-state index contributed by atoms with van der Waals surface area (Å²) in [5.74, 6) is 0. The lowest BCUT2D eigenvalue weighted by Gasteiger charge is -2.08. The lowest BCUT2D eigenvalue weighted by atomic mass is 10.2. The first-order valence-electron chi connectivity index (χ1n) is 4.85. The quantitative estimate of drug-likeness (QED) is 0.389. The van der Waals surface area contributed by atoms with Gasteiger partial charge in [0.2, 0.25) is 0 Å². The fraction of sp³-hybridized carbons (Fsp3) is 0.273. The summed E-state index contributed by atoms with van der Waals surface area (Å²) in [5, 5.41) is 13.9. The smallest absolute Gasteiger partial charge is 0.273 e. The molecule has 0 saturated carbocycles. The monoisotopic (exact) mass is 284 g/mol. The molecule has 5 heteroatoms. The minimum Gasteiger partial charge on any atom is -0.384 e. The molecule has 0 aliphatic heterocycles. The van der Waals surface area contributed by atoms with E-state index in [0.29, 0.717) is 10.0 Å². The Balaban J connectivity index is 2.92. The number of nitro benzene ring substituents is 1. The molecule has 0 aromatic heterocycles. The summed E-state index contributed by atoms with van der Waals surface area (Å²) in [5.41, 5.74) is 1.64. The van der Waals surface area contributed by atoms with E-state index in [9.17, 15) is 10.1 Å². The second kappa shape index (κ2) is 5.65. The third kappa shape index (κ3) is 3.06. The summed E-state index contributed by atoms with van der Waals surface area (Å²) in [6, 6.07) is 3.29. The Hall–Kier alpha value is -1.36. The van der Waals surface area contributed by atoms with E-state index in [4.69, 9.17) is 0 Å². The van der Waals surface area contributed by atoms with E-state index in [0.717, 1.165) is 18.7 Å². The molecule has 0 aliphatic rings. The van der Waals surface area contributed by atoms with Crippen molar-refractivity contribution in [2.45, 2.75) is 13.3 Å². The van der Waals surface area contributed by atoms with Crippen molar-refractivity contribution in [2.75, 3.05) is 11.9 Å². The summed E-state index contributed by atoms with van der Waals surface area (Å²) in [6.07, 6.45) is 2.67. The molecule has 16 heavy (non-hydrogen) atoms. The van der Waals surface area contributed by atoms with Crippen LogP contribution in [0.3, 0.4) is 0 Å². The largest absolute Gasteiger partial charge is 0.384 e. The van der Waals surface area contributed by atoms with Gasteiger partial charge in [-0.05, 0) is 35.3 Å². The number of halogens is 1. The molecule has 0 atom stereocenters. The highest BCUT2D eigenvalue weighted by Gasteiger charge is 2.13. The van der Waals surface area contributed by atoms with E-state index in [1.807, 2.05) is 6.08 Å². The third-order valence-corrected chi connectivity index (χ3v) is 2.80. The molecule has 86 valence electrons. The number of hydrogen-bond acceptors (Lipinski definition) is 3. The molecule has 1 aromatic carbocycles. The highest BCUT2D eigenvalue weighted by Crippen LogP contribution is 2.30. The lowest BCUT2D eigenvalue weighted by Crippen LogP contribution is -2.02. The van der Waals surface area contributed by atoms with E-state index >= 15 is 0 Å². The highest BCUT2D eigenvalue weighted by atomic mass is 79.9. The van der Waals surface area contributed by atoms with Gasteiger partial charge in [-0.2, -0.15) is 0 Å². The SMILES string of the molecule is C=CCCNc1cc(C)c([N+](=O)[O-])cc1Br. The number of anilines is 1. The van der Waals surface area contributed by atoms with E-state index in [1.54, 1.807) is 13.0 Å².